The fourth-order valence-corrected chi connectivity index (χ4v) is 2.57. The number of hydrogen-bond acceptors (Lipinski definition) is 3. The SMILES string of the molecule is CC(N)CS(=O)(=O)c1cccc(F)c1. The van der Waals surface area contributed by atoms with Crippen LogP contribution in [0, 0.1) is 5.82 Å². The van der Waals surface area contributed by atoms with Crippen molar-refractivity contribution in [3.8, 4) is 0 Å². The van der Waals surface area contributed by atoms with E-state index < -0.39 is 21.7 Å². The van der Waals surface area contributed by atoms with E-state index in [0.29, 0.717) is 0 Å². The van der Waals surface area contributed by atoms with Gasteiger partial charge in [-0.3, -0.25) is 0 Å². The number of nitrogens with two attached hydrogens (primary N) is 1. The number of sulfone groups is 1. The summed E-state index contributed by atoms with van der Waals surface area (Å²) in [6.45, 7) is 1.59. The summed E-state index contributed by atoms with van der Waals surface area (Å²) in [6.07, 6.45) is 0. The second-order valence-corrected chi connectivity index (χ2v) is 5.25. The molecule has 0 aliphatic heterocycles. The van der Waals surface area contributed by atoms with Crippen molar-refractivity contribution in [1.82, 2.24) is 0 Å². The second-order valence-electron chi connectivity index (χ2n) is 3.22. The third kappa shape index (κ3) is 2.78. The predicted molar refractivity (Wildman–Crippen MR) is 52.1 cm³/mol. The summed E-state index contributed by atoms with van der Waals surface area (Å²) in [5.41, 5.74) is 5.38. The molecule has 0 aliphatic rings. The van der Waals surface area contributed by atoms with Crippen LogP contribution in [0.4, 0.5) is 4.39 Å². The van der Waals surface area contributed by atoms with Crippen LogP contribution in [0.5, 0.6) is 0 Å². The number of benzene rings is 1. The van der Waals surface area contributed by atoms with Crippen LogP contribution in [0.1, 0.15) is 6.92 Å². The number of rotatable bonds is 3. The van der Waals surface area contributed by atoms with Crippen LogP contribution in [0.2, 0.25) is 0 Å². The van der Waals surface area contributed by atoms with Crippen molar-refractivity contribution < 1.29 is 12.8 Å². The van der Waals surface area contributed by atoms with E-state index in [-0.39, 0.29) is 10.6 Å². The molecule has 5 heteroatoms. The van der Waals surface area contributed by atoms with Crippen LogP contribution < -0.4 is 5.73 Å². The summed E-state index contributed by atoms with van der Waals surface area (Å²) in [5.74, 6) is -0.730. The average molecular weight is 217 g/mol. The van der Waals surface area contributed by atoms with E-state index in [9.17, 15) is 12.8 Å². The van der Waals surface area contributed by atoms with Gasteiger partial charge in [-0.2, -0.15) is 0 Å². The van der Waals surface area contributed by atoms with Crippen molar-refractivity contribution in [2.24, 2.45) is 5.73 Å². The van der Waals surface area contributed by atoms with Crippen LogP contribution >= 0.6 is 0 Å². The van der Waals surface area contributed by atoms with Crippen molar-refractivity contribution in [2.75, 3.05) is 5.75 Å². The standard InChI is InChI=1S/C9H12FNO2S/c1-7(11)6-14(12,13)9-4-2-3-8(10)5-9/h2-5,7H,6,11H2,1H3. The molecule has 0 saturated heterocycles. The predicted octanol–water partition coefficient (Wildman–Crippen LogP) is 0.947. The highest BCUT2D eigenvalue weighted by Crippen LogP contribution is 2.12. The molecular weight excluding hydrogens is 205 g/mol. The van der Waals surface area contributed by atoms with Gasteiger partial charge < -0.3 is 5.73 Å². The van der Waals surface area contributed by atoms with Crippen molar-refractivity contribution in [2.45, 2.75) is 17.9 Å². The minimum Gasteiger partial charge on any atom is -0.327 e. The van der Waals surface area contributed by atoms with Gasteiger partial charge in [0, 0.05) is 6.04 Å². The topological polar surface area (TPSA) is 60.2 Å². The van der Waals surface area contributed by atoms with Crippen LogP contribution in [0.3, 0.4) is 0 Å². The van der Waals surface area contributed by atoms with Crippen molar-refractivity contribution in [3.63, 3.8) is 0 Å². The lowest BCUT2D eigenvalue weighted by Gasteiger charge is -2.06. The molecule has 14 heavy (non-hydrogen) atoms. The molecule has 0 spiro atoms. The van der Waals surface area contributed by atoms with Gasteiger partial charge >= 0.3 is 0 Å². The lowest BCUT2D eigenvalue weighted by Crippen LogP contribution is -2.26. The van der Waals surface area contributed by atoms with Gasteiger partial charge in [0.2, 0.25) is 0 Å². The molecule has 0 fully saturated rings. The van der Waals surface area contributed by atoms with Crippen LogP contribution in [0.15, 0.2) is 29.2 Å². The van der Waals surface area contributed by atoms with E-state index in [2.05, 4.69) is 0 Å². The summed E-state index contributed by atoms with van der Waals surface area (Å²) in [6, 6.07) is 4.47. The fourth-order valence-electron chi connectivity index (χ4n) is 1.10. The molecule has 2 N–H and O–H groups in total. The Morgan fingerprint density at radius 3 is 2.64 bits per heavy atom. The Hall–Kier alpha value is -0.940. The van der Waals surface area contributed by atoms with E-state index in [0.717, 1.165) is 6.07 Å². The van der Waals surface area contributed by atoms with Gasteiger partial charge in [-0.05, 0) is 25.1 Å². The number of hydrogen-bond donors (Lipinski definition) is 1. The molecule has 0 saturated carbocycles. The zero-order chi connectivity index (χ0) is 10.8. The van der Waals surface area contributed by atoms with Crippen LogP contribution in [0.25, 0.3) is 0 Å². The summed E-state index contributed by atoms with van der Waals surface area (Å²) in [7, 11) is -3.45. The fraction of sp³-hybridized carbons (Fsp3) is 0.333. The first-order chi connectivity index (χ1) is 6.42. The third-order valence-electron chi connectivity index (χ3n) is 1.64. The van der Waals surface area contributed by atoms with Gasteiger partial charge in [0.05, 0.1) is 10.6 Å². The van der Waals surface area contributed by atoms with Gasteiger partial charge in [0.15, 0.2) is 9.84 Å². The van der Waals surface area contributed by atoms with E-state index in [1.807, 2.05) is 0 Å². The van der Waals surface area contributed by atoms with Crippen LogP contribution in [-0.4, -0.2) is 20.2 Å². The van der Waals surface area contributed by atoms with Gasteiger partial charge in [-0.15, -0.1) is 0 Å². The molecule has 1 rings (SSSR count). The molecule has 3 nitrogen and oxygen atoms in total. The molecule has 0 bridgehead atoms. The first kappa shape index (κ1) is 11.1. The Morgan fingerprint density at radius 2 is 2.14 bits per heavy atom. The summed E-state index contributed by atoms with van der Waals surface area (Å²) in [5, 5.41) is 0. The van der Waals surface area contributed by atoms with E-state index in [1.54, 1.807) is 6.92 Å². The Labute approximate surface area is 82.7 Å². The average Bonchev–Trinajstić information content (AvgIpc) is 2.01. The maximum atomic E-state index is 12.7. The molecular formula is C9H12FNO2S. The quantitative estimate of drug-likeness (QED) is 0.820. The van der Waals surface area contributed by atoms with Gasteiger partial charge in [-0.1, -0.05) is 6.07 Å². The summed E-state index contributed by atoms with van der Waals surface area (Å²) in [4.78, 5) is -0.0187. The third-order valence-corrected chi connectivity index (χ3v) is 3.57. The molecule has 1 aromatic rings. The van der Waals surface area contributed by atoms with E-state index in [1.165, 1.54) is 18.2 Å². The zero-order valence-corrected chi connectivity index (χ0v) is 8.59. The minimum atomic E-state index is -3.45. The van der Waals surface area contributed by atoms with Crippen molar-refractivity contribution in [3.05, 3.63) is 30.1 Å². The first-order valence-electron chi connectivity index (χ1n) is 4.16. The lowest BCUT2D eigenvalue weighted by molar-refractivity contribution is 0.585. The minimum absolute atomic E-state index is 0.0187. The summed E-state index contributed by atoms with van der Waals surface area (Å²) < 4.78 is 35.8. The maximum absolute atomic E-state index is 12.7. The molecule has 0 heterocycles. The normalized spacial score (nSPS) is 13.9. The van der Waals surface area contributed by atoms with E-state index in [4.69, 9.17) is 5.73 Å². The van der Waals surface area contributed by atoms with Crippen molar-refractivity contribution in [1.29, 1.82) is 0 Å². The highest BCUT2D eigenvalue weighted by atomic mass is 32.2. The smallest absolute Gasteiger partial charge is 0.179 e. The Kier molecular flexibility index (Phi) is 3.23. The molecule has 1 unspecified atom stereocenters. The Bertz CT molecular complexity index is 415. The van der Waals surface area contributed by atoms with E-state index >= 15 is 0 Å². The molecule has 0 radical (unpaired) electrons. The monoisotopic (exact) mass is 217 g/mol. The summed E-state index contributed by atoms with van der Waals surface area (Å²) >= 11 is 0. The maximum Gasteiger partial charge on any atom is 0.179 e. The largest absolute Gasteiger partial charge is 0.327 e. The molecule has 1 atom stereocenters. The second kappa shape index (κ2) is 4.06. The number of halogens is 1. The molecule has 0 aromatic heterocycles. The Morgan fingerprint density at radius 1 is 1.50 bits per heavy atom. The lowest BCUT2D eigenvalue weighted by atomic mass is 10.3. The molecule has 78 valence electrons. The highest BCUT2D eigenvalue weighted by Gasteiger charge is 2.16. The van der Waals surface area contributed by atoms with Gasteiger partial charge in [0.1, 0.15) is 5.82 Å². The van der Waals surface area contributed by atoms with Gasteiger partial charge in [0.25, 0.3) is 0 Å². The van der Waals surface area contributed by atoms with Gasteiger partial charge in [-0.25, -0.2) is 12.8 Å². The molecule has 0 amide bonds. The molecule has 1 aromatic carbocycles. The van der Waals surface area contributed by atoms with Crippen molar-refractivity contribution >= 4 is 9.84 Å². The Balaban J connectivity index is 3.05. The van der Waals surface area contributed by atoms with Crippen LogP contribution in [-0.2, 0) is 9.84 Å². The highest BCUT2D eigenvalue weighted by molar-refractivity contribution is 7.91. The first-order valence-corrected chi connectivity index (χ1v) is 5.81. The molecule has 0 aliphatic carbocycles. The zero-order valence-electron chi connectivity index (χ0n) is 7.77.